The van der Waals surface area contributed by atoms with Crippen molar-refractivity contribution < 1.29 is 8.78 Å². The molecule has 0 aliphatic carbocycles. The third-order valence-corrected chi connectivity index (χ3v) is 5.93. The number of benzene rings is 1. The zero-order chi connectivity index (χ0) is 29.2. The monoisotopic (exact) mass is 533 g/mol. The van der Waals surface area contributed by atoms with E-state index in [-0.39, 0.29) is 13.1 Å². The maximum absolute atomic E-state index is 13.3. The van der Waals surface area contributed by atoms with Gasteiger partial charge in [-0.2, -0.15) is 0 Å². The van der Waals surface area contributed by atoms with E-state index >= 15 is 0 Å². The van der Waals surface area contributed by atoms with Crippen LogP contribution in [0.25, 0.3) is 11.1 Å². The molecule has 9 heteroatoms. The molecule has 1 aromatic heterocycles. The van der Waals surface area contributed by atoms with Crippen molar-refractivity contribution in [1.82, 2.24) is 20.1 Å². The summed E-state index contributed by atoms with van der Waals surface area (Å²) < 4.78 is 26.6. The summed E-state index contributed by atoms with van der Waals surface area (Å²) in [5.41, 5.74) is 6.28. The third-order valence-electron chi connectivity index (χ3n) is 5.93. The van der Waals surface area contributed by atoms with Crippen LogP contribution in [0, 0.1) is 12.8 Å². The van der Waals surface area contributed by atoms with Gasteiger partial charge in [-0.15, -0.1) is 12.8 Å². The molecule has 0 bridgehead atoms. The molecule has 39 heavy (non-hydrogen) atoms. The number of hydrogen-bond donors (Lipinski definition) is 3. The van der Waals surface area contributed by atoms with Crippen molar-refractivity contribution in [3.63, 3.8) is 0 Å². The molecule has 2 heterocycles. The molecular weight excluding hydrogens is 496 g/mol. The number of nitrogens with one attached hydrogen (secondary N) is 3. The van der Waals surface area contributed by atoms with Crippen LogP contribution >= 0.6 is 0 Å². The molecule has 3 N–H and O–H groups in total. The SMILES string of the molecule is C#C.C=N/C(=C\C(=C/C)NC(=C)Cc1cc(-c2cncc(NC(=C)N(C)C)c2)ccc1NC)N1CC(F)(F)C1. The van der Waals surface area contributed by atoms with Crippen LogP contribution in [-0.2, 0) is 6.42 Å². The van der Waals surface area contributed by atoms with Gasteiger partial charge >= 0.3 is 0 Å². The number of allylic oxidation sites excluding steroid dienone is 3. The van der Waals surface area contributed by atoms with Crippen molar-refractivity contribution >= 4 is 18.1 Å². The number of halogens is 2. The summed E-state index contributed by atoms with van der Waals surface area (Å²) in [6.45, 7) is 12.9. The van der Waals surface area contributed by atoms with E-state index in [0.29, 0.717) is 17.9 Å². The number of alkyl halides is 2. The Morgan fingerprint density at radius 3 is 2.44 bits per heavy atom. The summed E-state index contributed by atoms with van der Waals surface area (Å²) in [5.74, 6) is -1.52. The van der Waals surface area contributed by atoms with E-state index in [2.05, 4.69) is 64.7 Å². The highest BCUT2D eigenvalue weighted by molar-refractivity contribution is 5.71. The molecule has 1 aliphatic rings. The molecule has 1 aromatic carbocycles. The average molecular weight is 534 g/mol. The van der Waals surface area contributed by atoms with Crippen LogP contribution in [0.15, 0.2) is 90.0 Å². The van der Waals surface area contributed by atoms with E-state index in [1.54, 1.807) is 12.3 Å². The standard InChI is InChI=1S/C28H35F2N7.C2H2/c1-8-24(14-27(32-5)37-17-28(29,30)18-37)34-19(2)11-22-12-21(9-10-26(22)31-4)23-13-25(16-33-15-23)35-20(3)36(6)7;1-2/h8-10,12-16,31,34-35H,2-3,5,11,17-18H2,1,4,6-7H3;1-2H/b24-8+,27-14+;. The zero-order valence-electron chi connectivity index (χ0n) is 23.1. The summed E-state index contributed by atoms with van der Waals surface area (Å²) in [6.07, 6.45) is 15.7. The second kappa shape index (κ2) is 13.8. The lowest BCUT2D eigenvalue weighted by Gasteiger charge is -2.40. The van der Waals surface area contributed by atoms with Gasteiger partial charge in [0.25, 0.3) is 5.92 Å². The molecular formula is C30H37F2N7. The Hall–Kier alpha value is -4.58. The van der Waals surface area contributed by atoms with E-state index in [1.165, 1.54) is 4.90 Å². The van der Waals surface area contributed by atoms with Crippen molar-refractivity contribution in [3.8, 4) is 24.0 Å². The van der Waals surface area contributed by atoms with Crippen molar-refractivity contribution in [2.75, 3.05) is 44.9 Å². The minimum absolute atomic E-state index is 0.358. The van der Waals surface area contributed by atoms with Gasteiger partial charge in [0.15, 0.2) is 0 Å². The Morgan fingerprint density at radius 2 is 1.87 bits per heavy atom. The molecule has 0 saturated carbocycles. The topological polar surface area (TPSA) is 67.8 Å². The number of rotatable bonds is 12. The summed E-state index contributed by atoms with van der Waals surface area (Å²) in [6, 6.07) is 8.19. The molecule has 3 rings (SSSR count). The lowest BCUT2D eigenvalue weighted by Crippen LogP contribution is -2.55. The molecule has 2 aromatic rings. The fourth-order valence-corrected chi connectivity index (χ4v) is 3.83. The van der Waals surface area contributed by atoms with Crippen LogP contribution in [0.3, 0.4) is 0 Å². The van der Waals surface area contributed by atoms with Crippen LogP contribution < -0.4 is 16.0 Å². The number of nitrogens with zero attached hydrogens (tertiary/aromatic N) is 4. The molecule has 1 saturated heterocycles. The van der Waals surface area contributed by atoms with Crippen LogP contribution in [0.4, 0.5) is 20.2 Å². The highest BCUT2D eigenvalue weighted by Gasteiger charge is 2.44. The van der Waals surface area contributed by atoms with Gasteiger partial charge in [-0.3, -0.25) is 4.98 Å². The Balaban J connectivity index is 0.00000260. The maximum atomic E-state index is 13.3. The number of anilines is 2. The van der Waals surface area contributed by atoms with Gasteiger partial charge in [-0.05, 0) is 43.0 Å². The van der Waals surface area contributed by atoms with Crippen LogP contribution in [0.1, 0.15) is 12.5 Å². The van der Waals surface area contributed by atoms with Crippen molar-refractivity contribution in [3.05, 3.63) is 90.6 Å². The van der Waals surface area contributed by atoms with Gasteiger partial charge in [0.05, 0.1) is 30.8 Å². The maximum Gasteiger partial charge on any atom is 0.282 e. The molecule has 0 unspecified atom stereocenters. The van der Waals surface area contributed by atoms with Crippen LogP contribution in [0.5, 0.6) is 0 Å². The van der Waals surface area contributed by atoms with Crippen LogP contribution in [-0.4, -0.2) is 61.7 Å². The zero-order valence-corrected chi connectivity index (χ0v) is 23.1. The van der Waals surface area contributed by atoms with Gasteiger partial charge in [0, 0.05) is 62.5 Å². The highest BCUT2D eigenvalue weighted by atomic mass is 19.3. The molecule has 0 atom stereocenters. The fraction of sp³-hybridized carbons (Fsp3) is 0.267. The Kier molecular flexibility index (Phi) is 10.9. The molecule has 1 fully saturated rings. The van der Waals surface area contributed by atoms with Gasteiger partial charge in [-0.25, -0.2) is 13.8 Å². The summed E-state index contributed by atoms with van der Waals surface area (Å²) in [5, 5.41) is 9.77. The smallest absolute Gasteiger partial charge is 0.282 e. The van der Waals surface area contributed by atoms with Gasteiger partial charge in [-0.1, -0.05) is 25.3 Å². The molecule has 0 spiro atoms. The van der Waals surface area contributed by atoms with Crippen molar-refractivity contribution in [2.45, 2.75) is 19.3 Å². The lowest BCUT2D eigenvalue weighted by atomic mass is 10.00. The minimum Gasteiger partial charge on any atom is -0.388 e. The Bertz CT molecular complexity index is 1270. The number of pyridine rings is 1. The number of aliphatic imine (C=N–C) groups is 1. The minimum atomic E-state index is -2.68. The van der Waals surface area contributed by atoms with Gasteiger partial charge in [0.1, 0.15) is 5.82 Å². The van der Waals surface area contributed by atoms with Crippen LogP contribution in [0.2, 0.25) is 0 Å². The Labute approximate surface area is 230 Å². The molecule has 0 radical (unpaired) electrons. The van der Waals surface area contributed by atoms with Gasteiger partial charge < -0.3 is 25.8 Å². The lowest BCUT2D eigenvalue weighted by molar-refractivity contribution is -0.116. The van der Waals surface area contributed by atoms with E-state index in [4.69, 9.17) is 0 Å². The first-order chi connectivity index (χ1) is 18.5. The number of terminal acetylenes is 1. The average Bonchev–Trinajstić information content (AvgIpc) is 2.90. The Morgan fingerprint density at radius 1 is 1.18 bits per heavy atom. The normalized spacial score (nSPS) is 14.2. The number of hydrogen-bond acceptors (Lipinski definition) is 7. The fourth-order valence-electron chi connectivity index (χ4n) is 3.83. The first-order valence-electron chi connectivity index (χ1n) is 12.2. The second-order valence-electron chi connectivity index (χ2n) is 9.07. The van der Waals surface area contributed by atoms with E-state index < -0.39 is 5.92 Å². The molecule has 206 valence electrons. The largest absolute Gasteiger partial charge is 0.388 e. The highest BCUT2D eigenvalue weighted by Crippen LogP contribution is 2.31. The molecule has 1 aliphatic heterocycles. The first-order valence-corrected chi connectivity index (χ1v) is 12.2. The summed E-state index contributed by atoms with van der Waals surface area (Å²) in [7, 11) is 5.71. The predicted octanol–water partition coefficient (Wildman–Crippen LogP) is 5.53. The molecule has 7 nitrogen and oxygen atoms in total. The second-order valence-corrected chi connectivity index (χ2v) is 9.07. The van der Waals surface area contributed by atoms with Gasteiger partial charge in [0.2, 0.25) is 0 Å². The number of aromatic nitrogens is 1. The van der Waals surface area contributed by atoms with Crippen molar-refractivity contribution in [1.29, 1.82) is 0 Å². The quantitative estimate of drug-likeness (QED) is 0.190. The number of likely N-dealkylation sites (tertiary alicyclic amines) is 1. The van der Waals surface area contributed by atoms with E-state index in [9.17, 15) is 8.78 Å². The van der Waals surface area contributed by atoms with E-state index in [0.717, 1.165) is 39.6 Å². The van der Waals surface area contributed by atoms with Crippen molar-refractivity contribution in [2.24, 2.45) is 4.99 Å². The first kappa shape index (κ1) is 30.6. The summed E-state index contributed by atoms with van der Waals surface area (Å²) in [4.78, 5) is 11.7. The third kappa shape index (κ3) is 8.47. The molecule has 0 amide bonds. The predicted molar refractivity (Wildman–Crippen MR) is 159 cm³/mol. The van der Waals surface area contributed by atoms with E-state index in [1.807, 2.05) is 63.4 Å². The summed E-state index contributed by atoms with van der Waals surface area (Å²) >= 11 is 0.